The maximum atomic E-state index is 12.2. The zero-order chi connectivity index (χ0) is 10.9. The van der Waals surface area contributed by atoms with Gasteiger partial charge < -0.3 is 15.4 Å². The molecule has 2 saturated heterocycles. The van der Waals surface area contributed by atoms with Crippen LogP contribution in [0.25, 0.3) is 0 Å². The first-order chi connectivity index (χ1) is 7.12. The van der Waals surface area contributed by atoms with Crippen molar-refractivity contribution in [2.45, 2.75) is 31.7 Å². The predicted molar refractivity (Wildman–Crippen MR) is 57.3 cm³/mol. The normalized spacial score (nSPS) is 36.9. The summed E-state index contributed by atoms with van der Waals surface area (Å²) in [6.45, 7) is 4.91. The van der Waals surface area contributed by atoms with Crippen molar-refractivity contribution >= 4 is 5.91 Å². The molecule has 4 heteroatoms. The molecule has 0 aromatic carbocycles. The lowest BCUT2D eigenvalue weighted by molar-refractivity contribution is -0.138. The maximum Gasteiger partial charge on any atom is 0.245 e. The van der Waals surface area contributed by atoms with Gasteiger partial charge in [-0.3, -0.25) is 4.79 Å². The van der Waals surface area contributed by atoms with Crippen LogP contribution in [0.3, 0.4) is 0 Å². The highest BCUT2D eigenvalue weighted by atomic mass is 16.5. The largest absolute Gasteiger partial charge is 0.379 e. The van der Waals surface area contributed by atoms with E-state index < -0.39 is 5.54 Å². The van der Waals surface area contributed by atoms with E-state index in [0.717, 1.165) is 19.5 Å². The lowest BCUT2D eigenvalue weighted by Gasteiger charge is -2.35. The van der Waals surface area contributed by atoms with Crippen molar-refractivity contribution in [2.75, 3.05) is 26.3 Å². The SMILES string of the molecule is CC1CCCN(C(=O)C2(N)CCOC2)C1. The molecule has 1 amide bonds. The molecular formula is C11H20N2O2. The first-order valence-corrected chi connectivity index (χ1v) is 5.78. The highest BCUT2D eigenvalue weighted by Crippen LogP contribution is 2.22. The molecule has 15 heavy (non-hydrogen) atoms. The van der Waals surface area contributed by atoms with Crippen LogP contribution < -0.4 is 5.73 Å². The Kier molecular flexibility index (Phi) is 2.98. The van der Waals surface area contributed by atoms with Gasteiger partial charge in [0.15, 0.2) is 0 Å². The lowest BCUT2D eigenvalue weighted by Crippen LogP contribution is -2.57. The minimum absolute atomic E-state index is 0.0894. The predicted octanol–water partition coefficient (Wildman–Crippen LogP) is 0.363. The second-order valence-electron chi connectivity index (χ2n) is 4.96. The van der Waals surface area contributed by atoms with E-state index in [9.17, 15) is 4.79 Å². The van der Waals surface area contributed by atoms with Gasteiger partial charge in [-0.1, -0.05) is 6.92 Å². The number of carbonyl (C=O) groups is 1. The Morgan fingerprint density at radius 2 is 2.40 bits per heavy atom. The van der Waals surface area contributed by atoms with Crippen LogP contribution in [0, 0.1) is 5.92 Å². The minimum atomic E-state index is -0.739. The van der Waals surface area contributed by atoms with Gasteiger partial charge in [-0.05, 0) is 25.2 Å². The van der Waals surface area contributed by atoms with Crippen LogP contribution in [0.2, 0.25) is 0 Å². The molecule has 2 atom stereocenters. The van der Waals surface area contributed by atoms with E-state index in [0.29, 0.717) is 25.6 Å². The molecule has 2 unspecified atom stereocenters. The molecule has 2 aliphatic heterocycles. The van der Waals surface area contributed by atoms with Crippen LogP contribution in [-0.4, -0.2) is 42.6 Å². The van der Waals surface area contributed by atoms with E-state index in [-0.39, 0.29) is 5.91 Å². The zero-order valence-electron chi connectivity index (χ0n) is 9.37. The standard InChI is InChI=1S/C11H20N2O2/c1-9-3-2-5-13(7-9)10(14)11(12)4-6-15-8-11/h9H,2-8,12H2,1H3. The summed E-state index contributed by atoms with van der Waals surface area (Å²) in [6.07, 6.45) is 2.98. The Morgan fingerprint density at radius 3 is 3.00 bits per heavy atom. The molecule has 2 heterocycles. The molecule has 2 fully saturated rings. The van der Waals surface area contributed by atoms with Crippen LogP contribution in [0.4, 0.5) is 0 Å². The summed E-state index contributed by atoms with van der Waals surface area (Å²) < 4.78 is 5.23. The quantitative estimate of drug-likeness (QED) is 0.683. The topological polar surface area (TPSA) is 55.6 Å². The molecule has 0 radical (unpaired) electrons. The van der Waals surface area contributed by atoms with Crippen LogP contribution in [0.15, 0.2) is 0 Å². The number of carbonyl (C=O) groups excluding carboxylic acids is 1. The first-order valence-electron chi connectivity index (χ1n) is 5.78. The van der Waals surface area contributed by atoms with Gasteiger partial charge in [0, 0.05) is 19.7 Å². The number of nitrogens with two attached hydrogens (primary N) is 1. The van der Waals surface area contributed by atoms with Crippen molar-refractivity contribution in [3.05, 3.63) is 0 Å². The maximum absolute atomic E-state index is 12.2. The fourth-order valence-corrected chi connectivity index (χ4v) is 2.44. The van der Waals surface area contributed by atoms with Crippen molar-refractivity contribution in [2.24, 2.45) is 11.7 Å². The fraction of sp³-hybridized carbons (Fsp3) is 0.909. The summed E-state index contributed by atoms with van der Waals surface area (Å²) in [5, 5.41) is 0. The van der Waals surface area contributed by atoms with E-state index >= 15 is 0 Å². The van der Waals surface area contributed by atoms with Gasteiger partial charge in [-0.2, -0.15) is 0 Å². The molecule has 0 bridgehead atoms. The van der Waals surface area contributed by atoms with E-state index in [1.165, 1.54) is 6.42 Å². The average Bonchev–Trinajstić information content (AvgIpc) is 2.65. The number of hydrogen-bond acceptors (Lipinski definition) is 3. The Labute approximate surface area is 90.8 Å². The van der Waals surface area contributed by atoms with Crippen molar-refractivity contribution in [3.8, 4) is 0 Å². The lowest BCUT2D eigenvalue weighted by atomic mass is 9.94. The third kappa shape index (κ3) is 2.16. The molecular weight excluding hydrogens is 192 g/mol. The number of piperidine rings is 1. The van der Waals surface area contributed by atoms with Crippen LogP contribution >= 0.6 is 0 Å². The number of nitrogens with zero attached hydrogens (tertiary/aromatic N) is 1. The third-order valence-electron chi connectivity index (χ3n) is 3.42. The number of amides is 1. The van der Waals surface area contributed by atoms with Gasteiger partial charge in [-0.25, -0.2) is 0 Å². The summed E-state index contributed by atoms with van der Waals surface area (Å²) in [4.78, 5) is 14.1. The summed E-state index contributed by atoms with van der Waals surface area (Å²) in [5.41, 5.74) is 5.32. The van der Waals surface area contributed by atoms with Crippen molar-refractivity contribution in [1.82, 2.24) is 4.90 Å². The molecule has 0 aromatic heterocycles. The van der Waals surface area contributed by atoms with Gasteiger partial charge >= 0.3 is 0 Å². The van der Waals surface area contributed by atoms with Crippen LogP contribution in [0.1, 0.15) is 26.2 Å². The number of likely N-dealkylation sites (tertiary alicyclic amines) is 1. The first kappa shape index (κ1) is 10.9. The molecule has 0 aliphatic carbocycles. The number of hydrogen-bond donors (Lipinski definition) is 1. The summed E-state index contributed by atoms with van der Waals surface area (Å²) in [7, 11) is 0. The summed E-state index contributed by atoms with van der Waals surface area (Å²) in [6, 6.07) is 0. The Bertz CT molecular complexity index is 249. The number of rotatable bonds is 1. The van der Waals surface area contributed by atoms with E-state index in [1.54, 1.807) is 0 Å². The van der Waals surface area contributed by atoms with Gasteiger partial charge in [0.2, 0.25) is 5.91 Å². The molecule has 4 nitrogen and oxygen atoms in total. The summed E-state index contributed by atoms with van der Waals surface area (Å²) in [5.74, 6) is 0.695. The molecule has 0 saturated carbocycles. The Morgan fingerprint density at radius 1 is 1.60 bits per heavy atom. The highest BCUT2D eigenvalue weighted by molar-refractivity contribution is 5.86. The number of ether oxygens (including phenoxy) is 1. The fourth-order valence-electron chi connectivity index (χ4n) is 2.44. The van der Waals surface area contributed by atoms with Crippen molar-refractivity contribution < 1.29 is 9.53 Å². The Balaban J connectivity index is 2.00. The molecule has 2 aliphatic rings. The monoisotopic (exact) mass is 212 g/mol. The second kappa shape index (κ2) is 4.10. The van der Waals surface area contributed by atoms with Crippen molar-refractivity contribution in [3.63, 3.8) is 0 Å². The molecule has 86 valence electrons. The van der Waals surface area contributed by atoms with E-state index in [1.807, 2.05) is 4.90 Å². The average molecular weight is 212 g/mol. The highest BCUT2D eigenvalue weighted by Gasteiger charge is 2.41. The van der Waals surface area contributed by atoms with Crippen LogP contribution in [0.5, 0.6) is 0 Å². The molecule has 0 spiro atoms. The smallest absolute Gasteiger partial charge is 0.245 e. The van der Waals surface area contributed by atoms with Gasteiger partial charge in [-0.15, -0.1) is 0 Å². The van der Waals surface area contributed by atoms with Crippen molar-refractivity contribution in [1.29, 1.82) is 0 Å². The zero-order valence-corrected chi connectivity index (χ0v) is 9.37. The summed E-state index contributed by atoms with van der Waals surface area (Å²) >= 11 is 0. The van der Waals surface area contributed by atoms with E-state index in [4.69, 9.17) is 10.5 Å². The molecule has 2 N–H and O–H groups in total. The minimum Gasteiger partial charge on any atom is -0.379 e. The third-order valence-corrected chi connectivity index (χ3v) is 3.42. The molecule has 0 aromatic rings. The van der Waals surface area contributed by atoms with Gasteiger partial charge in [0.1, 0.15) is 5.54 Å². The van der Waals surface area contributed by atoms with Crippen LogP contribution in [-0.2, 0) is 9.53 Å². The van der Waals surface area contributed by atoms with E-state index in [2.05, 4.69) is 6.92 Å². The van der Waals surface area contributed by atoms with Gasteiger partial charge in [0.05, 0.1) is 6.61 Å². The molecule has 2 rings (SSSR count). The second-order valence-corrected chi connectivity index (χ2v) is 4.96. The Hall–Kier alpha value is -0.610. The van der Waals surface area contributed by atoms with Gasteiger partial charge in [0.25, 0.3) is 0 Å².